The van der Waals surface area contributed by atoms with Gasteiger partial charge in [-0.2, -0.15) is 0 Å². The third-order valence-corrected chi connectivity index (χ3v) is 2.24. The molecule has 0 aliphatic carbocycles. The van der Waals surface area contributed by atoms with Crippen molar-refractivity contribution in [2.75, 3.05) is 33.9 Å². The van der Waals surface area contributed by atoms with Crippen LogP contribution in [0.3, 0.4) is 0 Å². The minimum atomic E-state index is -1.12. The molecular weight excluding hydrogens is 204 g/mol. The normalized spacial score (nSPS) is 21.2. The lowest BCUT2D eigenvalue weighted by atomic mass is 10.2. The van der Waals surface area contributed by atoms with Gasteiger partial charge in [-0.25, -0.2) is 9.86 Å². The summed E-state index contributed by atoms with van der Waals surface area (Å²) in [5, 5.41) is 9.87. The summed E-state index contributed by atoms with van der Waals surface area (Å²) in [5.74, 6) is -0.431. The molecule has 0 aromatic rings. The van der Waals surface area contributed by atoms with Gasteiger partial charge in [0.2, 0.25) is 0 Å². The highest BCUT2D eigenvalue weighted by atomic mass is 16.7. The molecule has 1 rings (SSSR count). The quantitative estimate of drug-likeness (QED) is 0.625. The van der Waals surface area contributed by atoms with Crippen molar-refractivity contribution in [2.24, 2.45) is 0 Å². The summed E-state index contributed by atoms with van der Waals surface area (Å²) in [6.45, 7) is 0.578. The Morgan fingerprint density at radius 1 is 1.60 bits per heavy atom. The first-order chi connectivity index (χ1) is 7.07. The first-order valence-corrected chi connectivity index (χ1v) is 4.47. The Hall–Kier alpha value is -1.34. The lowest BCUT2D eigenvalue weighted by Crippen LogP contribution is -2.55. The number of carbonyl (C=O) groups excluding carboxylic acids is 1. The number of hydrogen-bond donors (Lipinski definition) is 1. The van der Waals surface area contributed by atoms with E-state index in [1.807, 2.05) is 0 Å². The van der Waals surface area contributed by atoms with Crippen molar-refractivity contribution < 1.29 is 24.3 Å². The van der Waals surface area contributed by atoms with E-state index in [4.69, 9.17) is 14.7 Å². The summed E-state index contributed by atoms with van der Waals surface area (Å²) in [6.07, 6.45) is -1.12. The molecule has 0 saturated carbocycles. The van der Waals surface area contributed by atoms with Gasteiger partial charge in [-0.05, 0) is 0 Å². The Morgan fingerprint density at radius 2 is 2.27 bits per heavy atom. The maximum absolute atomic E-state index is 11.7. The summed E-state index contributed by atoms with van der Waals surface area (Å²) in [4.78, 5) is 28.3. The molecule has 7 nitrogen and oxygen atoms in total. The van der Waals surface area contributed by atoms with E-state index in [9.17, 15) is 9.59 Å². The summed E-state index contributed by atoms with van der Waals surface area (Å²) >= 11 is 0. The fourth-order valence-corrected chi connectivity index (χ4v) is 1.34. The topological polar surface area (TPSA) is 79.3 Å². The fourth-order valence-electron chi connectivity index (χ4n) is 1.34. The number of carboxylic acid groups (broad SMARTS) is 1. The maximum Gasteiger partial charge on any atom is 0.408 e. The second kappa shape index (κ2) is 4.94. The molecule has 1 fully saturated rings. The minimum absolute atomic E-state index is 0.0683. The van der Waals surface area contributed by atoms with Crippen molar-refractivity contribution in [3.63, 3.8) is 0 Å². The molecule has 1 unspecified atom stereocenters. The number of ether oxygens (including phenoxy) is 1. The largest absolute Gasteiger partial charge is 0.465 e. The SMILES string of the molecule is CON(C)C(=O)C1COCCN1C(=O)O. The number of rotatable bonds is 2. The molecule has 0 radical (unpaired) electrons. The molecule has 86 valence electrons. The minimum Gasteiger partial charge on any atom is -0.465 e. The van der Waals surface area contributed by atoms with E-state index in [1.54, 1.807) is 0 Å². The zero-order chi connectivity index (χ0) is 11.4. The van der Waals surface area contributed by atoms with Crippen LogP contribution in [0.15, 0.2) is 0 Å². The Bertz CT molecular complexity index is 257. The van der Waals surface area contributed by atoms with Gasteiger partial charge in [0.25, 0.3) is 5.91 Å². The van der Waals surface area contributed by atoms with Crippen LogP contribution in [-0.4, -0.2) is 67.0 Å². The monoisotopic (exact) mass is 218 g/mol. The lowest BCUT2D eigenvalue weighted by molar-refractivity contribution is -0.178. The van der Waals surface area contributed by atoms with Gasteiger partial charge in [-0.1, -0.05) is 0 Å². The third-order valence-electron chi connectivity index (χ3n) is 2.24. The van der Waals surface area contributed by atoms with Crippen LogP contribution in [0.25, 0.3) is 0 Å². The van der Waals surface area contributed by atoms with Crippen LogP contribution in [0.2, 0.25) is 0 Å². The average Bonchev–Trinajstić information content (AvgIpc) is 2.27. The van der Waals surface area contributed by atoms with Crippen molar-refractivity contribution in [3.05, 3.63) is 0 Å². The highest BCUT2D eigenvalue weighted by Crippen LogP contribution is 2.09. The molecule has 0 aromatic carbocycles. The van der Waals surface area contributed by atoms with E-state index >= 15 is 0 Å². The van der Waals surface area contributed by atoms with Crippen LogP contribution in [-0.2, 0) is 14.4 Å². The van der Waals surface area contributed by atoms with Crippen LogP contribution in [0, 0.1) is 0 Å². The molecule has 2 amide bonds. The second-order valence-electron chi connectivity index (χ2n) is 3.08. The van der Waals surface area contributed by atoms with Gasteiger partial charge in [0.1, 0.15) is 6.04 Å². The highest BCUT2D eigenvalue weighted by molar-refractivity contribution is 5.84. The molecule has 15 heavy (non-hydrogen) atoms. The number of morpholine rings is 1. The van der Waals surface area contributed by atoms with E-state index < -0.39 is 18.0 Å². The molecule has 1 saturated heterocycles. The number of carbonyl (C=O) groups is 2. The summed E-state index contributed by atoms with van der Waals surface area (Å²) in [5.41, 5.74) is 0. The first-order valence-electron chi connectivity index (χ1n) is 4.47. The van der Waals surface area contributed by atoms with Gasteiger partial charge in [-0.3, -0.25) is 14.5 Å². The Kier molecular flexibility index (Phi) is 3.87. The number of likely N-dealkylation sites (N-methyl/N-ethyl adjacent to an activating group) is 1. The fraction of sp³-hybridized carbons (Fsp3) is 0.750. The molecule has 7 heteroatoms. The number of amides is 2. The van der Waals surface area contributed by atoms with Crippen LogP contribution in [0.1, 0.15) is 0 Å². The van der Waals surface area contributed by atoms with Gasteiger partial charge in [0, 0.05) is 13.6 Å². The smallest absolute Gasteiger partial charge is 0.408 e. The molecule has 1 atom stereocenters. The zero-order valence-electron chi connectivity index (χ0n) is 8.67. The zero-order valence-corrected chi connectivity index (χ0v) is 8.67. The third kappa shape index (κ3) is 2.57. The molecular formula is C8H14N2O5. The summed E-state index contributed by atoms with van der Waals surface area (Å²) in [7, 11) is 2.77. The Morgan fingerprint density at radius 3 is 2.80 bits per heavy atom. The molecule has 0 spiro atoms. The average molecular weight is 218 g/mol. The highest BCUT2D eigenvalue weighted by Gasteiger charge is 2.34. The Balaban J connectivity index is 2.71. The van der Waals surface area contributed by atoms with E-state index in [1.165, 1.54) is 14.2 Å². The van der Waals surface area contributed by atoms with Crippen LogP contribution in [0.5, 0.6) is 0 Å². The summed E-state index contributed by atoms with van der Waals surface area (Å²) in [6, 6.07) is -0.818. The van der Waals surface area contributed by atoms with Crippen LogP contribution < -0.4 is 0 Å². The van der Waals surface area contributed by atoms with Crippen molar-refractivity contribution in [2.45, 2.75) is 6.04 Å². The van der Waals surface area contributed by atoms with Gasteiger partial charge in [0.15, 0.2) is 0 Å². The number of hydrogen-bond acceptors (Lipinski definition) is 4. The second-order valence-corrected chi connectivity index (χ2v) is 3.08. The predicted molar refractivity (Wildman–Crippen MR) is 49.1 cm³/mol. The van der Waals surface area contributed by atoms with Gasteiger partial charge < -0.3 is 9.84 Å². The number of nitrogens with zero attached hydrogens (tertiary/aromatic N) is 2. The van der Waals surface area contributed by atoms with Crippen LogP contribution >= 0.6 is 0 Å². The molecule has 1 aliphatic rings. The molecule has 0 bridgehead atoms. The van der Waals surface area contributed by atoms with Gasteiger partial charge >= 0.3 is 6.09 Å². The first kappa shape index (κ1) is 11.7. The number of hydroxylamine groups is 2. The Labute approximate surface area is 87.1 Å². The van der Waals surface area contributed by atoms with Crippen molar-refractivity contribution in [1.29, 1.82) is 0 Å². The van der Waals surface area contributed by atoms with Gasteiger partial charge in [-0.15, -0.1) is 0 Å². The van der Waals surface area contributed by atoms with E-state index in [0.29, 0.717) is 6.61 Å². The van der Waals surface area contributed by atoms with Crippen molar-refractivity contribution in [3.8, 4) is 0 Å². The predicted octanol–water partition coefficient (Wildman–Crippen LogP) is -0.615. The molecule has 1 N–H and O–H groups in total. The molecule has 0 aromatic heterocycles. The van der Waals surface area contributed by atoms with E-state index in [-0.39, 0.29) is 13.2 Å². The summed E-state index contributed by atoms with van der Waals surface area (Å²) < 4.78 is 5.07. The molecule has 1 heterocycles. The van der Waals surface area contributed by atoms with Gasteiger partial charge in [0.05, 0.1) is 20.3 Å². The van der Waals surface area contributed by atoms with E-state index in [0.717, 1.165) is 9.96 Å². The van der Waals surface area contributed by atoms with Crippen molar-refractivity contribution in [1.82, 2.24) is 9.96 Å². The maximum atomic E-state index is 11.7. The molecule has 1 aliphatic heterocycles. The lowest BCUT2D eigenvalue weighted by Gasteiger charge is -2.33. The van der Waals surface area contributed by atoms with Crippen LogP contribution in [0.4, 0.5) is 4.79 Å². The standard InChI is InChI=1S/C8H14N2O5/c1-9(14-2)7(11)6-5-15-4-3-10(6)8(12)13/h6H,3-5H2,1-2H3,(H,12,13). The van der Waals surface area contributed by atoms with Crippen molar-refractivity contribution >= 4 is 12.0 Å². The van der Waals surface area contributed by atoms with E-state index in [2.05, 4.69) is 0 Å².